The summed E-state index contributed by atoms with van der Waals surface area (Å²) in [5, 5.41) is 13.7. The molecule has 0 aromatic carbocycles. The maximum Gasteiger partial charge on any atom is 0.212 e. The average Bonchev–Trinajstić information content (AvgIpc) is 2.88. The molecule has 0 atom stereocenters. The van der Waals surface area contributed by atoms with E-state index in [1.165, 1.54) is 0 Å². The summed E-state index contributed by atoms with van der Waals surface area (Å²) < 4.78 is 1.78. The van der Waals surface area contributed by atoms with Gasteiger partial charge in [0.05, 0.1) is 5.69 Å². The number of hydrogen-bond donors (Lipinski definition) is 0. The molecule has 0 saturated heterocycles. The van der Waals surface area contributed by atoms with Gasteiger partial charge >= 0.3 is 0 Å². The number of aromatic nitrogens is 5. The van der Waals surface area contributed by atoms with Gasteiger partial charge in [-0.1, -0.05) is 24.8 Å². The highest BCUT2D eigenvalue weighted by Crippen LogP contribution is 2.19. The molecule has 0 spiro atoms. The van der Waals surface area contributed by atoms with Gasteiger partial charge in [0.1, 0.15) is 5.69 Å². The van der Waals surface area contributed by atoms with E-state index in [1.807, 2.05) is 30.3 Å². The Labute approximate surface area is 115 Å². The fraction of sp³-hybridized carbons (Fsp3) is 0.231. The van der Waals surface area contributed by atoms with Crippen molar-refractivity contribution in [2.24, 2.45) is 0 Å². The highest BCUT2D eigenvalue weighted by atomic mass is 32.2. The van der Waals surface area contributed by atoms with Crippen LogP contribution in [0.15, 0.2) is 41.7 Å². The second-order valence-electron chi connectivity index (χ2n) is 4.03. The molecule has 0 aliphatic heterocycles. The summed E-state index contributed by atoms with van der Waals surface area (Å²) in [6.45, 7) is 2.14. The number of pyridine rings is 1. The first-order valence-corrected chi connectivity index (χ1v) is 7.13. The van der Waals surface area contributed by atoms with Crippen molar-refractivity contribution in [3.63, 3.8) is 0 Å². The molecule has 0 N–H and O–H groups in total. The van der Waals surface area contributed by atoms with Crippen LogP contribution < -0.4 is 0 Å². The van der Waals surface area contributed by atoms with Crippen LogP contribution in [0.2, 0.25) is 0 Å². The number of hydrogen-bond acceptors (Lipinski definition) is 5. The molecular weight excluding hydrogens is 258 g/mol. The molecule has 0 unspecified atom stereocenters. The van der Waals surface area contributed by atoms with Crippen LogP contribution in [0.5, 0.6) is 0 Å². The Morgan fingerprint density at radius 2 is 2.05 bits per heavy atom. The fourth-order valence-corrected chi connectivity index (χ4v) is 2.45. The minimum absolute atomic E-state index is 0.762. The largest absolute Gasteiger partial charge is 0.255 e. The normalized spacial score (nSPS) is 11.0. The summed E-state index contributed by atoms with van der Waals surface area (Å²) in [4.78, 5) is 4.31. The molecule has 96 valence electrons. The number of rotatable bonds is 4. The monoisotopic (exact) mass is 271 g/mol. The van der Waals surface area contributed by atoms with Crippen LogP contribution in [0.4, 0.5) is 0 Å². The van der Waals surface area contributed by atoms with E-state index in [1.54, 1.807) is 22.5 Å². The van der Waals surface area contributed by atoms with Gasteiger partial charge in [-0.25, -0.2) is 0 Å². The molecule has 3 aromatic heterocycles. The second-order valence-corrected chi connectivity index (χ2v) is 5.10. The smallest absolute Gasteiger partial charge is 0.212 e. The van der Waals surface area contributed by atoms with Gasteiger partial charge in [-0.3, -0.25) is 4.98 Å². The summed E-state index contributed by atoms with van der Waals surface area (Å²) in [6, 6.07) is 9.62. The molecule has 0 aliphatic rings. The van der Waals surface area contributed by atoms with Crippen LogP contribution in [0.25, 0.3) is 17.0 Å². The minimum Gasteiger partial charge on any atom is -0.255 e. The maximum absolute atomic E-state index is 4.57. The summed E-state index contributed by atoms with van der Waals surface area (Å²) in [5.41, 5.74) is 2.44. The van der Waals surface area contributed by atoms with Gasteiger partial charge in [-0.2, -0.15) is 9.61 Å². The quantitative estimate of drug-likeness (QED) is 0.683. The van der Waals surface area contributed by atoms with Crippen LogP contribution >= 0.6 is 11.8 Å². The van der Waals surface area contributed by atoms with E-state index in [4.69, 9.17) is 0 Å². The maximum atomic E-state index is 4.57. The summed E-state index contributed by atoms with van der Waals surface area (Å²) in [7, 11) is 0. The lowest BCUT2D eigenvalue weighted by atomic mass is 10.2. The molecule has 3 rings (SSSR count). The van der Waals surface area contributed by atoms with Crippen molar-refractivity contribution in [2.75, 3.05) is 5.75 Å². The standard InChI is InChI=1S/C13H13N5S/c1-2-9-19-13-16-15-12-7-6-11(17-18(12)13)10-5-3-4-8-14-10/h3-8H,2,9H2,1H3. The second kappa shape index (κ2) is 5.36. The Kier molecular flexibility index (Phi) is 3.41. The highest BCUT2D eigenvalue weighted by Gasteiger charge is 2.09. The Hall–Kier alpha value is -1.95. The zero-order chi connectivity index (χ0) is 13.1. The van der Waals surface area contributed by atoms with Gasteiger partial charge in [-0.15, -0.1) is 10.2 Å². The average molecular weight is 271 g/mol. The molecule has 3 heterocycles. The first-order chi connectivity index (χ1) is 9.38. The number of thioether (sulfide) groups is 1. The SMILES string of the molecule is CCCSc1nnc2ccc(-c3ccccn3)nn12. The molecule has 6 heteroatoms. The molecule has 19 heavy (non-hydrogen) atoms. The third-order valence-corrected chi connectivity index (χ3v) is 3.72. The van der Waals surface area contributed by atoms with Crippen molar-refractivity contribution in [2.45, 2.75) is 18.5 Å². The predicted octanol–water partition coefficient (Wildman–Crippen LogP) is 2.69. The zero-order valence-corrected chi connectivity index (χ0v) is 11.3. The fourth-order valence-electron chi connectivity index (χ4n) is 1.70. The first kappa shape index (κ1) is 12.1. The predicted molar refractivity (Wildman–Crippen MR) is 75.0 cm³/mol. The van der Waals surface area contributed by atoms with Crippen molar-refractivity contribution in [1.29, 1.82) is 0 Å². The van der Waals surface area contributed by atoms with Crippen LogP contribution in [-0.4, -0.2) is 30.5 Å². The topological polar surface area (TPSA) is 56.0 Å². The molecule has 3 aromatic rings. The summed E-state index contributed by atoms with van der Waals surface area (Å²) in [6.07, 6.45) is 2.86. The lowest BCUT2D eigenvalue weighted by molar-refractivity contribution is 0.810. The number of nitrogens with zero attached hydrogens (tertiary/aromatic N) is 5. The van der Waals surface area contributed by atoms with Gasteiger partial charge in [0.15, 0.2) is 5.65 Å². The van der Waals surface area contributed by atoms with Crippen molar-refractivity contribution >= 4 is 17.4 Å². The van der Waals surface area contributed by atoms with Crippen LogP contribution in [0.3, 0.4) is 0 Å². The molecule has 0 radical (unpaired) electrons. The van der Waals surface area contributed by atoms with Crippen molar-refractivity contribution < 1.29 is 0 Å². The molecule has 5 nitrogen and oxygen atoms in total. The third kappa shape index (κ3) is 2.44. The Balaban J connectivity index is 2.04. The Morgan fingerprint density at radius 3 is 2.84 bits per heavy atom. The Bertz CT molecular complexity index is 680. The van der Waals surface area contributed by atoms with Gasteiger partial charge in [0.25, 0.3) is 0 Å². The van der Waals surface area contributed by atoms with Crippen LogP contribution in [-0.2, 0) is 0 Å². The van der Waals surface area contributed by atoms with Gasteiger partial charge < -0.3 is 0 Å². The molecule has 0 fully saturated rings. The number of fused-ring (bicyclic) bond motifs is 1. The first-order valence-electron chi connectivity index (χ1n) is 6.15. The van der Waals surface area contributed by atoms with Gasteiger partial charge in [0.2, 0.25) is 5.16 Å². The third-order valence-electron chi connectivity index (χ3n) is 2.60. The van der Waals surface area contributed by atoms with Crippen molar-refractivity contribution in [1.82, 2.24) is 24.8 Å². The van der Waals surface area contributed by atoms with E-state index >= 15 is 0 Å². The lowest BCUT2D eigenvalue weighted by Crippen LogP contribution is -1.97. The van der Waals surface area contributed by atoms with E-state index in [0.717, 1.165) is 34.4 Å². The molecule has 0 saturated carbocycles. The van der Waals surface area contributed by atoms with E-state index < -0.39 is 0 Å². The zero-order valence-electron chi connectivity index (χ0n) is 10.5. The van der Waals surface area contributed by atoms with Gasteiger partial charge in [0, 0.05) is 11.9 Å². The van der Waals surface area contributed by atoms with Crippen molar-refractivity contribution in [3.05, 3.63) is 36.5 Å². The van der Waals surface area contributed by atoms with Crippen LogP contribution in [0.1, 0.15) is 13.3 Å². The van der Waals surface area contributed by atoms with Crippen LogP contribution in [0, 0.1) is 0 Å². The summed E-state index contributed by atoms with van der Waals surface area (Å²) >= 11 is 1.67. The van der Waals surface area contributed by atoms with E-state index in [-0.39, 0.29) is 0 Å². The molecular formula is C13H13N5S. The van der Waals surface area contributed by atoms with Gasteiger partial charge in [-0.05, 0) is 30.7 Å². The van der Waals surface area contributed by atoms with Crippen molar-refractivity contribution in [3.8, 4) is 11.4 Å². The van der Waals surface area contributed by atoms with E-state index in [0.29, 0.717) is 0 Å². The molecule has 0 amide bonds. The summed E-state index contributed by atoms with van der Waals surface area (Å²) in [5.74, 6) is 1.01. The molecule has 0 bridgehead atoms. The molecule has 0 aliphatic carbocycles. The van der Waals surface area contributed by atoms with E-state index in [9.17, 15) is 0 Å². The highest BCUT2D eigenvalue weighted by molar-refractivity contribution is 7.99. The minimum atomic E-state index is 0.762. The Morgan fingerprint density at radius 1 is 1.11 bits per heavy atom. The van der Waals surface area contributed by atoms with E-state index in [2.05, 4.69) is 27.2 Å². The lowest BCUT2D eigenvalue weighted by Gasteiger charge is -2.01.